The maximum absolute atomic E-state index is 12.9. The zero-order chi connectivity index (χ0) is 20.2. The number of aromatic hydroxyl groups is 1. The fourth-order valence-corrected chi connectivity index (χ4v) is 3.43. The Hall–Kier alpha value is -3.13. The van der Waals surface area contributed by atoms with Crippen molar-refractivity contribution in [2.24, 2.45) is 0 Å². The van der Waals surface area contributed by atoms with E-state index in [1.807, 2.05) is 0 Å². The zero-order valence-corrected chi connectivity index (χ0v) is 16.0. The van der Waals surface area contributed by atoms with Crippen molar-refractivity contribution < 1.29 is 18.7 Å². The SMILES string of the molecule is O=C(NCCCN1CCN(c2nc3c(O)cccc3o2)CC1)c1ccc(F)cc1. The van der Waals surface area contributed by atoms with Crippen molar-refractivity contribution in [2.45, 2.75) is 6.42 Å². The zero-order valence-electron chi connectivity index (χ0n) is 16.0. The number of aromatic nitrogens is 1. The van der Waals surface area contributed by atoms with Crippen LogP contribution in [0.2, 0.25) is 0 Å². The molecule has 2 aromatic carbocycles. The Morgan fingerprint density at radius 3 is 2.62 bits per heavy atom. The fraction of sp³-hybridized carbons (Fsp3) is 0.333. The lowest BCUT2D eigenvalue weighted by Gasteiger charge is -2.33. The predicted molar refractivity (Wildman–Crippen MR) is 108 cm³/mol. The van der Waals surface area contributed by atoms with Crippen molar-refractivity contribution in [3.8, 4) is 5.75 Å². The molecule has 1 saturated heterocycles. The molecule has 1 amide bonds. The number of benzene rings is 2. The number of oxazole rings is 1. The van der Waals surface area contributed by atoms with Gasteiger partial charge >= 0.3 is 0 Å². The first-order chi connectivity index (χ1) is 14.1. The van der Waals surface area contributed by atoms with E-state index in [0.717, 1.165) is 39.1 Å². The average Bonchev–Trinajstić information content (AvgIpc) is 3.18. The lowest BCUT2D eigenvalue weighted by atomic mass is 10.2. The second kappa shape index (κ2) is 8.48. The third-order valence-electron chi connectivity index (χ3n) is 5.07. The first-order valence-corrected chi connectivity index (χ1v) is 9.70. The Balaban J connectivity index is 1.20. The number of piperazine rings is 1. The topological polar surface area (TPSA) is 81.8 Å². The Labute approximate surface area is 167 Å². The number of nitrogens with one attached hydrogen (secondary N) is 1. The molecule has 1 aromatic heterocycles. The molecule has 2 heterocycles. The van der Waals surface area contributed by atoms with Gasteiger partial charge < -0.3 is 19.7 Å². The molecule has 8 heteroatoms. The fourth-order valence-electron chi connectivity index (χ4n) is 3.43. The summed E-state index contributed by atoms with van der Waals surface area (Å²) in [5, 5.41) is 12.7. The van der Waals surface area contributed by atoms with Crippen LogP contribution < -0.4 is 10.2 Å². The lowest BCUT2D eigenvalue weighted by molar-refractivity contribution is 0.0951. The van der Waals surface area contributed by atoms with Crippen LogP contribution in [0, 0.1) is 5.82 Å². The van der Waals surface area contributed by atoms with Gasteiger partial charge in [-0.3, -0.25) is 9.69 Å². The van der Waals surface area contributed by atoms with Crippen LogP contribution >= 0.6 is 0 Å². The van der Waals surface area contributed by atoms with E-state index < -0.39 is 0 Å². The van der Waals surface area contributed by atoms with Gasteiger partial charge in [0.1, 0.15) is 11.6 Å². The van der Waals surface area contributed by atoms with Gasteiger partial charge in [0, 0.05) is 38.3 Å². The lowest BCUT2D eigenvalue weighted by Crippen LogP contribution is -2.47. The van der Waals surface area contributed by atoms with Gasteiger partial charge in [0.05, 0.1) is 0 Å². The van der Waals surface area contributed by atoms with Crippen molar-refractivity contribution in [3.05, 3.63) is 53.8 Å². The molecule has 0 atom stereocenters. The summed E-state index contributed by atoms with van der Waals surface area (Å²) in [5.74, 6) is -0.414. The van der Waals surface area contributed by atoms with Crippen LogP contribution in [0.1, 0.15) is 16.8 Å². The number of carbonyl (C=O) groups excluding carboxylic acids is 1. The number of rotatable bonds is 6. The van der Waals surface area contributed by atoms with Gasteiger partial charge in [0.2, 0.25) is 0 Å². The van der Waals surface area contributed by atoms with Gasteiger partial charge in [-0.1, -0.05) is 6.07 Å². The molecule has 152 valence electrons. The highest BCUT2D eigenvalue weighted by Crippen LogP contribution is 2.28. The van der Waals surface area contributed by atoms with Gasteiger partial charge in [-0.05, 0) is 49.4 Å². The summed E-state index contributed by atoms with van der Waals surface area (Å²) >= 11 is 0. The Bertz CT molecular complexity index is 981. The largest absolute Gasteiger partial charge is 0.506 e. The van der Waals surface area contributed by atoms with E-state index in [0.29, 0.717) is 29.2 Å². The normalized spacial score (nSPS) is 15.0. The van der Waals surface area contributed by atoms with Gasteiger partial charge in [-0.25, -0.2) is 4.39 Å². The van der Waals surface area contributed by atoms with E-state index in [1.165, 1.54) is 24.3 Å². The molecule has 0 spiro atoms. The van der Waals surface area contributed by atoms with Gasteiger partial charge in [0.15, 0.2) is 11.1 Å². The second-order valence-electron chi connectivity index (χ2n) is 7.07. The summed E-state index contributed by atoms with van der Waals surface area (Å²) in [4.78, 5) is 20.8. The van der Waals surface area contributed by atoms with Crippen LogP contribution in [0.15, 0.2) is 46.9 Å². The highest BCUT2D eigenvalue weighted by Gasteiger charge is 2.21. The quantitative estimate of drug-likeness (QED) is 0.622. The van der Waals surface area contributed by atoms with Gasteiger partial charge in [-0.2, -0.15) is 4.98 Å². The summed E-state index contributed by atoms with van der Waals surface area (Å²) < 4.78 is 18.7. The standard InChI is InChI=1S/C21H23FN4O3/c22-16-7-5-15(6-8-16)20(28)23-9-2-10-25-11-13-26(14-12-25)21-24-19-17(27)3-1-4-18(19)29-21/h1,3-8,27H,2,9-14H2,(H,23,28). The summed E-state index contributed by atoms with van der Waals surface area (Å²) in [6.07, 6.45) is 0.837. The van der Waals surface area contributed by atoms with Gasteiger partial charge in [0.25, 0.3) is 11.9 Å². The summed E-state index contributed by atoms with van der Waals surface area (Å²) in [5.41, 5.74) is 1.53. The summed E-state index contributed by atoms with van der Waals surface area (Å²) in [6.45, 7) is 4.77. The van der Waals surface area contributed by atoms with E-state index in [1.54, 1.807) is 18.2 Å². The van der Waals surface area contributed by atoms with E-state index in [4.69, 9.17) is 4.42 Å². The Morgan fingerprint density at radius 2 is 1.90 bits per heavy atom. The number of anilines is 1. The van der Waals surface area contributed by atoms with E-state index >= 15 is 0 Å². The van der Waals surface area contributed by atoms with Crippen molar-refractivity contribution in [1.82, 2.24) is 15.2 Å². The minimum atomic E-state index is -0.352. The molecule has 4 rings (SSSR count). The van der Waals surface area contributed by atoms with Crippen LogP contribution in [0.25, 0.3) is 11.1 Å². The summed E-state index contributed by atoms with van der Waals surface area (Å²) in [7, 11) is 0. The average molecular weight is 398 g/mol. The molecular formula is C21H23FN4O3. The number of fused-ring (bicyclic) bond motifs is 1. The second-order valence-corrected chi connectivity index (χ2v) is 7.07. The molecule has 2 N–H and O–H groups in total. The Kier molecular flexibility index (Phi) is 5.62. The van der Waals surface area contributed by atoms with Crippen molar-refractivity contribution in [3.63, 3.8) is 0 Å². The predicted octanol–water partition coefficient (Wildman–Crippen LogP) is 2.61. The first-order valence-electron chi connectivity index (χ1n) is 9.70. The van der Waals surface area contributed by atoms with Crippen LogP contribution in [0.4, 0.5) is 10.4 Å². The maximum atomic E-state index is 12.9. The number of phenols is 1. The Morgan fingerprint density at radius 1 is 1.14 bits per heavy atom. The van der Waals surface area contributed by atoms with Crippen LogP contribution in [0.5, 0.6) is 5.75 Å². The molecule has 1 aliphatic heterocycles. The smallest absolute Gasteiger partial charge is 0.298 e. The highest BCUT2D eigenvalue weighted by atomic mass is 19.1. The molecule has 0 unspecified atom stereocenters. The molecule has 3 aromatic rings. The molecule has 1 fully saturated rings. The highest BCUT2D eigenvalue weighted by molar-refractivity contribution is 5.94. The molecule has 1 aliphatic rings. The molecule has 7 nitrogen and oxygen atoms in total. The van der Waals surface area contributed by atoms with E-state index in [9.17, 15) is 14.3 Å². The number of carbonyl (C=O) groups is 1. The number of hydrogen-bond donors (Lipinski definition) is 2. The number of halogens is 1. The molecule has 29 heavy (non-hydrogen) atoms. The van der Waals surface area contributed by atoms with Gasteiger partial charge in [-0.15, -0.1) is 0 Å². The first kappa shape index (κ1) is 19.2. The minimum Gasteiger partial charge on any atom is -0.506 e. The molecule has 0 radical (unpaired) electrons. The molecule has 0 aliphatic carbocycles. The monoisotopic (exact) mass is 398 g/mol. The minimum absolute atomic E-state index is 0.124. The van der Waals surface area contributed by atoms with Crippen LogP contribution in [-0.2, 0) is 0 Å². The van der Waals surface area contributed by atoms with Crippen LogP contribution in [-0.4, -0.2) is 60.2 Å². The van der Waals surface area contributed by atoms with Crippen molar-refractivity contribution in [2.75, 3.05) is 44.2 Å². The van der Waals surface area contributed by atoms with E-state index in [-0.39, 0.29) is 17.5 Å². The summed E-state index contributed by atoms with van der Waals surface area (Å²) in [6, 6.07) is 11.2. The number of amides is 1. The molecule has 0 saturated carbocycles. The number of nitrogens with zero attached hydrogens (tertiary/aromatic N) is 3. The third-order valence-corrected chi connectivity index (χ3v) is 5.07. The molecular weight excluding hydrogens is 375 g/mol. The molecule has 0 bridgehead atoms. The third kappa shape index (κ3) is 4.48. The number of hydrogen-bond acceptors (Lipinski definition) is 6. The maximum Gasteiger partial charge on any atom is 0.298 e. The van der Waals surface area contributed by atoms with E-state index in [2.05, 4.69) is 20.1 Å². The van der Waals surface area contributed by atoms with Crippen molar-refractivity contribution in [1.29, 1.82) is 0 Å². The van der Waals surface area contributed by atoms with Crippen LogP contribution in [0.3, 0.4) is 0 Å². The number of para-hydroxylation sites is 1. The number of phenolic OH excluding ortho intramolecular Hbond substituents is 1. The van der Waals surface area contributed by atoms with Crippen molar-refractivity contribution >= 4 is 23.0 Å².